The molecule has 0 bridgehead atoms. The Morgan fingerprint density at radius 3 is 2.56 bits per heavy atom. The molecule has 2 aromatic carbocycles. The predicted octanol–water partition coefficient (Wildman–Crippen LogP) is 3.68. The third kappa shape index (κ3) is 4.61. The van der Waals surface area contributed by atoms with E-state index < -0.39 is 0 Å². The fourth-order valence-corrected chi connectivity index (χ4v) is 3.13. The van der Waals surface area contributed by atoms with Crippen molar-refractivity contribution in [3.8, 4) is 11.8 Å². The zero-order chi connectivity index (χ0) is 17.5. The highest BCUT2D eigenvalue weighted by atomic mass is 32.2. The summed E-state index contributed by atoms with van der Waals surface area (Å²) in [5, 5.41) is 18.1. The molecule has 1 heterocycles. The molecule has 5 nitrogen and oxygen atoms in total. The maximum Gasteiger partial charge on any atom is 0.191 e. The van der Waals surface area contributed by atoms with Gasteiger partial charge in [0.2, 0.25) is 0 Å². The number of nitrogens with zero attached hydrogens (tertiary/aromatic N) is 4. The smallest absolute Gasteiger partial charge is 0.191 e. The third-order valence-electron chi connectivity index (χ3n) is 3.65. The Kier molecular flexibility index (Phi) is 5.70. The van der Waals surface area contributed by atoms with E-state index in [9.17, 15) is 0 Å². The van der Waals surface area contributed by atoms with Gasteiger partial charge in [0, 0.05) is 5.75 Å². The van der Waals surface area contributed by atoms with E-state index in [2.05, 4.69) is 33.0 Å². The Balaban J connectivity index is 1.54. The minimum absolute atomic E-state index is 0.563. The van der Waals surface area contributed by atoms with E-state index in [4.69, 9.17) is 10.00 Å². The first-order valence-corrected chi connectivity index (χ1v) is 8.94. The lowest BCUT2D eigenvalue weighted by Gasteiger charge is -2.09. The average Bonchev–Trinajstić information content (AvgIpc) is 3.00. The lowest BCUT2D eigenvalue weighted by Crippen LogP contribution is -2.06. The lowest BCUT2D eigenvalue weighted by molar-refractivity contribution is 0.344. The van der Waals surface area contributed by atoms with Crippen LogP contribution in [-0.2, 0) is 6.54 Å². The van der Waals surface area contributed by atoms with Crippen LogP contribution in [-0.4, -0.2) is 27.1 Å². The number of thioether (sulfide) groups is 1. The van der Waals surface area contributed by atoms with Crippen molar-refractivity contribution in [2.75, 3.05) is 12.4 Å². The first-order chi connectivity index (χ1) is 12.3. The predicted molar refractivity (Wildman–Crippen MR) is 97.7 cm³/mol. The number of hydrogen-bond donors (Lipinski definition) is 0. The van der Waals surface area contributed by atoms with Crippen LogP contribution in [0, 0.1) is 18.3 Å². The van der Waals surface area contributed by atoms with Gasteiger partial charge in [0.05, 0.1) is 24.8 Å². The van der Waals surface area contributed by atoms with Gasteiger partial charge < -0.3 is 9.30 Å². The van der Waals surface area contributed by atoms with Crippen LogP contribution in [0.3, 0.4) is 0 Å². The van der Waals surface area contributed by atoms with Gasteiger partial charge in [-0.15, -0.1) is 10.2 Å². The summed E-state index contributed by atoms with van der Waals surface area (Å²) in [6.45, 7) is 3.29. The molecule has 126 valence electrons. The highest BCUT2D eigenvalue weighted by Crippen LogP contribution is 2.19. The van der Waals surface area contributed by atoms with Crippen molar-refractivity contribution in [2.45, 2.75) is 18.6 Å². The monoisotopic (exact) mass is 350 g/mol. The largest absolute Gasteiger partial charge is 0.493 e. The standard InChI is InChI=1S/C19H18N4OS/c1-15-21-22-19(23(15)14-17-5-3-2-4-6-17)25-12-11-24-18-9-7-16(13-20)8-10-18/h2-10H,11-12,14H2,1H3. The van der Waals surface area contributed by atoms with Crippen LogP contribution < -0.4 is 4.74 Å². The lowest BCUT2D eigenvalue weighted by atomic mass is 10.2. The van der Waals surface area contributed by atoms with Gasteiger partial charge in [0.1, 0.15) is 11.6 Å². The summed E-state index contributed by atoms with van der Waals surface area (Å²) >= 11 is 1.63. The second-order valence-corrected chi connectivity index (χ2v) is 6.50. The Labute approximate surface area is 151 Å². The van der Waals surface area contributed by atoms with Crippen LogP contribution in [0.2, 0.25) is 0 Å². The average molecular weight is 350 g/mol. The molecule has 0 atom stereocenters. The Bertz CT molecular complexity index is 853. The summed E-state index contributed by atoms with van der Waals surface area (Å²) in [6, 6.07) is 19.5. The Morgan fingerprint density at radius 2 is 1.84 bits per heavy atom. The number of rotatable bonds is 7. The summed E-state index contributed by atoms with van der Waals surface area (Å²) in [5.74, 6) is 2.44. The number of hydrogen-bond acceptors (Lipinski definition) is 5. The maximum atomic E-state index is 8.79. The summed E-state index contributed by atoms with van der Waals surface area (Å²) in [4.78, 5) is 0. The summed E-state index contributed by atoms with van der Waals surface area (Å²) in [5.41, 5.74) is 1.85. The summed E-state index contributed by atoms with van der Waals surface area (Å²) < 4.78 is 7.82. The van der Waals surface area contributed by atoms with Crippen molar-refractivity contribution in [1.82, 2.24) is 14.8 Å². The Morgan fingerprint density at radius 1 is 1.08 bits per heavy atom. The number of aromatic nitrogens is 3. The van der Waals surface area contributed by atoms with Crippen LogP contribution in [0.15, 0.2) is 59.8 Å². The van der Waals surface area contributed by atoms with E-state index in [0.717, 1.165) is 29.0 Å². The molecule has 0 radical (unpaired) electrons. The van der Waals surface area contributed by atoms with Crippen molar-refractivity contribution in [3.05, 3.63) is 71.5 Å². The van der Waals surface area contributed by atoms with Crippen molar-refractivity contribution < 1.29 is 4.74 Å². The molecule has 6 heteroatoms. The van der Waals surface area contributed by atoms with Crippen LogP contribution in [0.1, 0.15) is 17.0 Å². The molecule has 0 saturated heterocycles. The zero-order valence-electron chi connectivity index (χ0n) is 13.9. The quantitative estimate of drug-likeness (QED) is 0.480. The van der Waals surface area contributed by atoms with Crippen molar-refractivity contribution in [3.63, 3.8) is 0 Å². The minimum atomic E-state index is 0.563. The molecule has 3 rings (SSSR count). The molecule has 0 fully saturated rings. The molecule has 0 unspecified atom stereocenters. The molecule has 0 aliphatic rings. The van der Waals surface area contributed by atoms with Crippen LogP contribution in [0.25, 0.3) is 0 Å². The number of benzene rings is 2. The number of nitriles is 1. The molecule has 0 aliphatic heterocycles. The van der Waals surface area contributed by atoms with E-state index in [1.165, 1.54) is 5.56 Å². The topological polar surface area (TPSA) is 63.7 Å². The molecule has 25 heavy (non-hydrogen) atoms. The van der Waals surface area contributed by atoms with Crippen LogP contribution in [0.4, 0.5) is 0 Å². The number of ether oxygens (including phenoxy) is 1. The maximum absolute atomic E-state index is 8.79. The molecular weight excluding hydrogens is 332 g/mol. The summed E-state index contributed by atoms with van der Waals surface area (Å²) in [7, 11) is 0. The van der Waals surface area contributed by atoms with Crippen molar-refractivity contribution >= 4 is 11.8 Å². The zero-order valence-corrected chi connectivity index (χ0v) is 14.7. The van der Waals surface area contributed by atoms with Gasteiger partial charge in [-0.25, -0.2) is 0 Å². The number of aryl methyl sites for hydroxylation is 1. The molecule has 1 aromatic heterocycles. The van der Waals surface area contributed by atoms with E-state index in [1.54, 1.807) is 23.9 Å². The van der Waals surface area contributed by atoms with E-state index in [-0.39, 0.29) is 0 Å². The van der Waals surface area contributed by atoms with Gasteiger partial charge >= 0.3 is 0 Å². The molecule has 0 spiro atoms. The Hall–Kier alpha value is -2.78. The second-order valence-electron chi connectivity index (χ2n) is 5.43. The van der Waals surface area contributed by atoms with Gasteiger partial charge in [-0.3, -0.25) is 0 Å². The fraction of sp³-hybridized carbons (Fsp3) is 0.211. The first-order valence-electron chi connectivity index (χ1n) is 7.96. The molecule has 0 N–H and O–H groups in total. The van der Waals surface area contributed by atoms with Crippen LogP contribution >= 0.6 is 11.8 Å². The van der Waals surface area contributed by atoms with Gasteiger partial charge in [-0.2, -0.15) is 5.26 Å². The molecular formula is C19H18N4OS. The van der Waals surface area contributed by atoms with E-state index >= 15 is 0 Å². The fourth-order valence-electron chi connectivity index (χ4n) is 2.33. The second kappa shape index (κ2) is 8.36. The molecule has 3 aromatic rings. The third-order valence-corrected chi connectivity index (χ3v) is 4.58. The first kappa shape index (κ1) is 17.1. The van der Waals surface area contributed by atoms with Gasteiger partial charge in [0.25, 0.3) is 0 Å². The summed E-state index contributed by atoms with van der Waals surface area (Å²) in [6.07, 6.45) is 0. The molecule has 0 saturated carbocycles. The minimum Gasteiger partial charge on any atom is -0.493 e. The van der Waals surface area contributed by atoms with Gasteiger partial charge in [0.15, 0.2) is 5.16 Å². The normalized spacial score (nSPS) is 10.4. The van der Waals surface area contributed by atoms with Crippen molar-refractivity contribution in [2.24, 2.45) is 0 Å². The SMILES string of the molecule is Cc1nnc(SCCOc2ccc(C#N)cc2)n1Cc1ccccc1. The molecule has 0 amide bonds. The highest BCUT2D eigenvalue weighted by molar-refractivity contribution is 7.99. The van der Waals surface area contributed by atoms with Gasteiger partial charge in [-0.05, 0) is 36.8 Å². The van der Waals surface area contributed by atoms with E-state index in [0.29, 0.717) is 12.2 Å². The van der Waals surface area contributed by atoms with Gasteiger partial charge in [-0.1, -0.05) is 42.1 Å². The van der Waals surface area contributed by atoms with E-state index in [1.807, 2.05) is 37.3 Å². The van der Waals surface area contributed by atoms with Crippen molar-refractivity contribution in [1.29, 1.82) is 5.26 Å². The van der Waals surface area contributed by atoms with Crippen LogP contribution in [0.5, 0.6) is 5.75 Å². The molecule has 0 aliphatic carbocycles. The highest BCUT2D eigenvalue weighted by Gasteiger charge is 2.10.